The van der Waals surface area contributed by atoms with E-state index in [0.717, 1.165) is 36.0 Å². The number of hydrogen-bond donors (Lipinski definition) is 1. The number of fused-ring (bicyclic) bond motifs is 1. The molecule has 1 aliphatic rings. The highest BCUT2D eigenvalue weighted by molar-refractivity contribution is 6.08. The number of H-pyrrole nitrogens is 1. The van der Waals surface area contributed by atoms with Gasteiger partial charge in [0.05, 0.1) is 19.3 Å². The van der Waals surface area contributed by atoms with Crippen molar-refractivity contribution in [3.63, 3.8) is 0 Å². The van der Waals surface area contributed by atoms with Crippen LogP contribution in [0.5, 0.6) is 0 Å². The number of carbonyl (C=O) groups excluding carboxylic acids is 1. The van der Waals surface area contributed by atoms with Gasteiger partial charge in [-0.05, 0) is 19.4 Å². The highest BCUT2D eigenvalue weighted by Crippen LogP contribution is 2.20. The Morgan fingerprint density at radius 3 is 3.05 bits per heavy atom. The first-order chi connectivity index (χ1) is 10.2. The van der Waals surface area contributed by atoms with Gasteiger partial charge >= 0.3 is 0 Å². The molecule has 2 aromatic rings. The van der Waals surface area contributed by atoms with Crippen molar-refractivity contribution >= 4 is 16.7 Å². The summed E-state index contributed by atoms with van der Waals surface area (Å²) in [5, 5.41) is 1.01. The lowest BCUT2D eigenvalue weighted by atomic mass is 10.1. The van der Waals surface area contributed by atoms with Gasteiger partial charge in [0.2, 0.25) is 0 Å². The Morgan fingerprint density at radius 1 is 1.43 bits per heavy atom. The SMILES string of the molecule is CCC1COC(C)CN1CC(=O)c1c[nH]c2ccccc12. The van der Waals surface area contributed by atoms with Crippen LogP contribution in [0.2, 0.25) is 0 Å². The number of morpholine rings is 1. The lowest BCUT2D eigenvalue weighted by Crippen LogP contribution is -2.50. The molecular weight excluding hydrogens is 264 g/mol. The van der Waals surface area contributed by atoms with E-state index in [4.69, 9.17) is 4.74 Å². The number of aromatic amines is 1. The van der Waals surface area contributed by atoms with E-state index in [9.17, 15) is 4.79 Å². The lowest BCUT2D eigenvalue weighted by molar-refractivity contribution is -0.0523. The molecule has 1 saturated heterocycles. The van der Waals surface area contributed by atoms with Gasteiger partial charge in [-0.25, -0.2) is 0 Å². The molecule has 4 heteroatoms. The summed E-state index contributed by atoms with van der Waals surface area (Å²) in [6.45, 7) is 6.22. The van der Waals surface area contributed by atoms with E-state index >= 15 is 0 Å². The number of aromatic nitrogens is 1. The molecule has 1 fully saturated rings. The lowest BCUT2D eigenvalue weighted by Gasteiger charge is -2.37. The van der Waals surface area contributed by atoms with Crippen molar-refractivity contribution in [3.05, 3.63) is 36.0 Å². The summed E-state index contributed by atoms with van der Waals surface area (Å²) >= 11 is 0. The van der Waals surface area contributed by atoms with E-state index < -0.39 is 0 Å². The Bertz CT molecular complexity index is 635. The Hall–Kier alpha value is -1.65. The average molecular weight is 286 g/mol. The van der Waals surface area contributed by atoms with Gasteiger partial charge in [-0.3, -0.25) is 9.69 Å². The zero-order valence-corrected chi connectivity index (χ0v) is 12.6. The van der Waals surface area contributed by atoms with Gasteiger partial charge in [0, 0.05) is 35.2 Å². The number of benzene rings is 1. The van der Waals surface area contributed by atoms with Gasteiger partial charge in [0.15, 0.2) is 5.78 Å². The standard InChI is InChI=1S/C17H22N2O2/c1-3-13-11-21-12(2)9-19(13)10-17(20)15-8-18-16-7-5-4-6-14(15)16/h4-8,12-13,18H,3,9-11H2,1-2H3. The predicted octanol–water partition coefficient (Wildman–Crippen LogP) is 2.85. The van der Waals surface area contributed by atoms with Crippen LogP contribution in [-0.4, -0.2) is 47.5 Å². The summed E-state index contributed by atoms with van der Waals surface area (Å²) in [6, 6.07) is 8.29. The molecule has 1 N–H and O–H groups in total. The zero-order valence-electron chi connectivity index (χ0n) is 12.6. The molecule has 21 heavy (non-hydrogen) atoms. The Balaban J connectivity index is 1.79. The van der Waals surface area contributed by atoms with Crippen LogP contribution in [0.3, 0.4) is 0 Å². The van der Waals surface area contributed by atoms with Crippen molar-refractivity contribution in [2.75, 3.05) is 19.7 Å². The molecule has 2 unspecified atom stereocenters. The minimum absolute atomic E-state index is 0.181. The summed E-state index contributed by atoms with van der Waals surface area (Å²) in [5.74, 6) is 0.181. The van der Waals surface area contributed by atoms with Crippen molar-refractivity contribution in [3.8, 4) is 0 Å². The van der Waals surface area contributed by atoms with Gasteiger partial charge in [-0.15, -0.1) is 0 Å². The minimum atomic E-state index is 0.181. The average Bonchev–Trinajstić information content (AvgIpc) is 2.91. The summed E-state index contributed by atoms with van der Waals surface area (Å²) < 4.78 is 5.69. The van der Waals surface area contributed by atoms with Crippen LogP contribution in [0.15, 0.2) is 30.5 Å². The number of nitrogens with zero attached hydrogens (tertiary/aromatic N) is 1. The predicted molar refractivity (Wildman–Crippen MR) is 83.7 cm³/mol. The minimum Gasteiger partial charge on any atom is -0.376 e. The Kier molecular flexibility index (Phi) is 4.08. The first-order valence-corrected chi connectivity index (χ1v) is 7.64. The topological polar surface area (TPSA) is 45.3 Å². The normalized spacial score (nSPS) is 23.5. The second kappa shape index (κ2) is 6.00. The fourth-order valence-electron chi connectivity index (χ4n) is 3.05. The number of Topliss-reactive ketones (excluding diaryl/α,β-unsaturated/α-hetero) is 1. The molecule has 0 spiro atoms. The van der Waals surface area contributed by atoms with E-state index in [1.807, 2.05) is 30.5 Å². The fourth-order valence-corrected chi connectivity index (χ4v) is 3.05. The number of rotatable bonds is 4. The second-order valence-electron chi connectivity index (χ2n) is 5.81. The highest BCUT2D eigenvalue weighted by atomic mass is 16.5. The maximum atomic E-state index is 12.7. The maximum absolute atomic E-state index is 12.7. The van der Waals surface area contributed by atoms with Crippen LogP contribution in [0.1, 0.15) is 30.6 Å². The highest BCUT2D eigenvalue weighted by Gasteiger charge is 2.27. The van der Waals surface area contributed by atoms with Crippen LogP contribution in [0, 0.1) is 0 Å². The van der Waals surface area contributed by atoms with E-state index in [2.05, 4.69) is 23.7 Å². The fraction of sp³-hybridized carbons (Fsp3) is 0.471. The molecule has 0 radical (unpaired) electrons. The number of carbonyl (C=O) groups is 1. The number of ketones is 1. The van der Waals surface area contributed by atoms with Gasteiger partial charge in [-0.1, -0.05) is 25.1 Å². The summed E-state index contributed by atoms with van der Waals surface area (Å²) in [7, 11) is 0. The van der Waals surface area contributed by atoms with Gasteiger partial charge in [-0.2, -0.15) is 0 Å². The Morgan fingerprint density at radius 2 is 2.24 bits per heavy atom. The van der Waals surface area contributed by atoms with Crippen LogP contribution < -0.4 is 0 Å². The van der Waals surface area contributed by atoms with E-state index in [1.54, 1.807) is 0 Å². The molecule has 4 nitrogen and oxygen atoms in total. The molecule has 0 aliphatic carbocycles. The number of hydrogen-bond acceptors (Lipinski definition) is 3. The van der Waals surface area contributed by atoms with E-state index in [-0.39, 0.29) is 11.9 Å². The van der Waals surface area contributed by atoms with Crippen molar-refractivity contribution < 1.29 is 9.53 Å². The van der Waals surface area contributed by atoms with Crippen molar-refractivity contribution in [2.24, 2.45) is 0 Å². The zero-order chi connectivity index (χ0) is 14.8. The Labute approximate surface area is 125 Å². The summed E-state index contributed by atoms with van der Waals surface area (Å²) in [6.07, 6.45) is 3.04. The summed E-state index contributed by atoms with van der Waals surface area (Å²) in [5.41, 5.74) is 1.81. The smallest absolute Gasteiger partial charge is 0.178 e. The molecule has 2 atom stereocenters. The largest absolute Gasteiger partial charge is 0.376 e. The molecule has 2 heterocycles. The molecule has 1 aromatic carbocycles. The van der Waals surface area contributed by atoms with Crippen LogP contribution in [-0.2, 0) is 4.74 Å². The molecule has 0 amide bonds. The van der Waals surface area contributed by atoms with E-state index in [0.29, 0.717) is 12.6 Å². The number of ether oxygens (including phenoxy) is 1. The van der Waals surface area contributed by atoms with Crippen molar-refractivity contribution in [1.82, 2.24) is 9.88 Å². The first kappa shape index (κ1) is 14.3. The molecule has 1 aliphatic heterocycles. The monoisotopic (exact) mass is 286 g/mol. The van der Waals surface area contributed by atoms with Gasteiger partial charge in [0.25, 0.3) is 0 Å². The van der Waals surface area contributed by atoms with Crippen LogP contribution >= 0.6 is 0 Å². The molecule has 1 aromatic heterocycles. The molecule has 3 rings (SSSR count). The van der Waals surface area contributed by atoms with Crippen molar-refractivity contribution in [2.45, 2.75) is 32.4 Å². The quantitative estimate of drug-likeness (QED) is 0.879. The molecule has 112 valence electrons. The maximum Gasteiger partial charge on any atom is 0.178 e. The van der Waals surface area contributed by atoms with E-state index in [1.165, 1.54) is 0 Å². The third kappa shape index (κ3) is 2.87. The second-order valence-corrected chi connectivity index (χ2v) is 5.81. The van der Waals surface area contributed by atoms with Crippen LogP contribution in [0.4, 0.5) is 0 Å². The molecule has 0 saturated carbocycles. The van der Waals surface area contributed by atoms with Crippen molar-refractivity contribution in [1.29, 1.82) is 0 Å². The number of para-hydroxylation sites is 1. The molecule has 0 bridgehead atoms. The van der Waals surface area contributed by atoms with Gasteiger partial charge < -0.3 is 9.72 Å². The molecular formula is C17H22N2O2. The first-order valence-electron chi connectivity index (χ1n) is 7.64. The third-order valence-electron chi connectivity index (χ3n) is 4.29. The third-order valence-corrected chi connectivity index (χ3v) is 4.29. The summed E-state index contributed by atoms with van der Waals surface area (Å²) in [4.78, 5) is 18.1. The van der Waals surface area contributed by atoms with Crippen LogP contribution in [0.25, 0.3) is 10.9 Å². The number of nitrogens with one attached hydrogen (secondary N) is 1. The van der Waals surface area contributed by atoms with Gasteiger partial charge in [0.1, 0.15) is 0 Å².